The fraction of sp³-hybridized carbons (Fsp3) is 0.429. The van der Waals surface area contributed by atoms with E-state index < -0.39 is 11.9 Å². The molecule has 0 unspecified atom stereocenters. The molecule has 0 heterocycles. The van der Waals surface area contributed by atoms with E-state index in [9.17, 15) is 9.59 Å². The van der Waals surface area contributed by atoms with Gasteiger partial charge in [-0.3, -0.25) is 9.59 Å². The van der Waals surface area contributed by atoms with Crippen LogP contribution in [-0.4, -0.2) is 19.0 Å². The molecule has 0 N–H and O–H groups in total. The molecule has 0 fully saturated rings. The predicted octanol–water partition coefficient (Wildman–Crippen LogP) is 0.626. The number of esters is 2. The summed E-state index contributed by atoms with van der Waals surface area (Å²) in [5.74, 6) is -0.862. The quantitative estimate of drug-likeness (QED) is 0.446. The maximum Gasteiger partial charge on any atom is 0.313 e. The van der Waals surface area contributed by atoms with E-state index in [1.165, 1.54) is 14.0 Å². The molecule has 0 atom stereocenters. The van der Waals surface area contributed by atoms with Crippen LogP contribution >= 0.6 is 0 Å². The van der Waals surface area contributed by atoms with Crippen LogP contribution in [0, 0.1) is 0 Å². The van der Waals surface area contributed by atoms with Crippen molar-refractivity contribution in [3.63, 3.8) is 0 Å². The lowest BCUT2D eigenvalue weighted by molar-refractivity contribution is -0.142. The van der Waals surface area contributed by atoms with Crippen LogP contribution in [0.2, 0.25) is 0 Å². The summed E-state index contributed by atoms with van der Waals surface area (Å²) in [6.07, 6.45) is -0.0872. The van der Waals surface area contributed by atoms with Crippen molar-refractivity contribution < 1.29 is 19.1 Å². The average Bonchev–Trinajstić information content (AvgIpc) is 1.85. The number of hydrogen-bond acceptors (Lipinski definition) is 4. The monoisotopic (exact) mass is 158 g/mol. The molecule has 62 valence electrons. The Bertz CT molecular complexity index is 183. The van der Waals surface area contributed by atoms with E-state index in [1.54, 1.807) is 0 Å². The molecule has 11 heavy (non-hydrogen) atoms. The van der Waals surface area contributed by atoms with Gasteiger partial charge in [0.1, 0.15) is 12.2 Å². The largest absolute Gasteiger partial charge is 0.469 e. The third-order valence-electron chi connectivity index (χ3n) is 0.857. The molecule has 0 saturated carbocycles. The second-order valence-corrected chi connectivity index (χ2v) is 1.89. The van der Waals surface area contributed by atoms with Gasteiger partial charge in [-0.15, -0.1) is 0 Å². The highest BCUT2D eigenvalue weighted by Gasteiger charge is 2.05. The highest BCUT2D eigenvalue weighted by molar-refractivity contribution is 5.73. The van der Waals surface area contributed by atoms with Gasteiger partial charge in [0.25, 0.3) is 0 Å². The van der Waals surface area contributed by atoms with E-state index >= 15 is 0 Å². The lowest BCUT2D eigenvalue weighted by Gasteiger charge is -2.02. The minimum atomic E-state index is -0.487. The number of hydrogen-bond donors (Lipinski definition) is 0. The lowest BCUT2D eigenvalue weighted by Crippen LogP contribution is -2.05. The molecule has 0 aliphatic rings. The Morgan fingerprint density at radius 2 is 2.00 bits per heavy atom. The van der Waals surface area contributed by atoms with Crippen LogP contribution in [0.4, 0.5) is 0 Å². The van der Waals surface area contributed by atoms with E-state index in [-0.39, 0.29) is 12.2 Å². The molecular formula is C7H10O4. The first kappa shape index (κ1) is 9.68. The maximum absolute atomic E-state index is 10.5. The molecule has 0 rings (SSSR count). The van der Waals surface area contributed by atoms with E-state index in [4.69, 9.17) is 0 Å². The Kier molecular flexibility index (Phi) is 3.95. The van der Waals surface area contributed by atoms with Crippen LogP contribution in [0.15, 0.2) is 12.3 Å². The first-order valence-corrected chi connectivity index (χ1v) is 2.99. The maximum atomic E-state index is 10.5. The van der Waals surface area contributed by atoms with E-state index in [2.05, 4.69) is 16.1 Å². The summed E-state index contributed by atoms with van der Waals surface area (Å²) in [4.78, 5) is 20.8. The van der Waals surface area contributed by atoms with Crippen molar-refractivity contribution in [2.75, 3.05) is 7.11 Å². The van der Waals surface area contributed by atoms with Crippen molar-refractivity contribution in [1.82, 2.24) is 0 Å². The topological polar surface area (TPSA) is 52.6 Å². The van der Waals surface area contributed by atoms with Crippen LogP contribution in [0.1, 0.15) is 13.3 Å². The zero-order chi connectivity index (χ0) is 8.85. The summed E-state index contributed by atoms with van der Waals surface area (Å²) in [7, 11) is 1.25. The lowest BCUT2D eigenvalue weighted by atomic mass is 10.4. The summed E-state index contributed by atoms with van der Waals surface area (Å²) in [5.41, 5.74) is 0. The highest BCUT2D eigenvalue weighted by Crippen LogP contribution is 2.01. The van der Waals surface area contributed by atoms with Crippen molar-refractivity contribution in [2.45, 2.75) is 13.3 Å². The molecule has 0 aromatic carbocycles. The minimum absolute atomic E-state index is 0.0872. The van der Waals surface area contributed by atoms with Gasteiger partial charge in [-0.25, -0.2) is 0 Å². The fourth-order valence-corrected chi connectivity index (χ4v) is 0.473. The molecule has 0 aromatic heterocycles. The second kappa shape index (κ2) is 4.49. The Morgan fingerprint density at radius 3 is 2.36 bits per heavy atom. The van der Waals surface area contributed by atoms with Gasteiger partial charge in [-0.05, 0) is 0 Å². The zero-order valence-corrected chi connectivity index (χ0v) is 6.55. The van der Waals surface area contributed by atoms with Gasteiger partial charge in [0.15, 0.2) is 0 Å². The van der Waals surface area contributed by atoms with Crippen molar-refractivity contribution in [2.24, 2.45) is 0 Å². The molecule has 0 bridgehead atoms. The second-order valence-electron chi connectivity index (χ2n) is 1.89. The van der Waals surface area contributed by atoms with Gasteiger partial charge in [0, 0.05) is 6.92 Å². The normalized spacial score (nSPS) is 8.55. The standard InChI is InChI=1S/C7H10O4/c1-5(11-6(2)8)4-7(9)10-3/h1,4H2,2-3H3. The number of carbonyl (C=O) groups is 2. The first-order valence-electron chi connectivity index (χ1n) is 2.99. The predicted molar refractivity (Wildman–Crippen MR) is 37.5 cm³/mol. The van der Waals surface area contributed by atoms with Crippen LogP contribution in [0.5, 0.6) is 0 Å². The third kappa shape index (κ3) is 5.14. The minimum Gasteiger partial charge on any atom is -0.469 e. The zero-order valence-electron chi connectivity index (χ0n) is 6.55. The van der Waals surface area contributed by atoms with E-state index in [0.717, 1.165) is 0 Å². The van der Waals surface area contributed by atoms with Crippen molar-refractivity contribution in [3.8, 4) is 0 Å². The van der Waals surface area contributed by atoms with Crippen LogP contribution in [-0.2, 0) is 19.1 Å². The summed E-state index contributed by atoms with van der Waals surface area (Å²) in [5, 5.41) is 0. The molecule has 0 spiro atoms. The number of carbonyl (C=O) groups excluding carboxylic acids is 2. The fourth-order valence-electron chi connectivity index (χ4n) is 0.473. The Morgan fingerprint density at radius 1 is 1.45 bits per heavy atom. The number of rotatable bonds is 3. The van der Waals surface area contributed by atoms with Crippen molar-refractivity contribution >= 4 is 11.9 Å². The number of ether oxygens (including phenoxy) is 2. The molecule has 0 amide bonds. The van der Waals surface area contributed by atoms with Crippen molar-refractivity contribution in [1.29, 1.82) is 0 Å². The van der Waals surface area contributed by atoms with Gasteiger partial charge >= 0.3 is 11.9 Å². The van der Waals surface area contributed by atoms with Crippen LogP contribution < -0.4 is 0 Å². The van der Waals surface area contributed by atoms with E-state index in [1.807, 2.05) is 0 Å². The summed E-state index contributed by atoms with van der Waals surface area (Å²) in [6, 6.07) is 0. The van der Waals surface area contributed by atoms with Gasteiger partial charge in [0.05, 0.1) is 7.11 Å². The Labute approximate surface area is 64.8 Å². The van der Waals surface area contributed by atoms with Crippen LogP contribution in [0.3, 0.4) is 0 Å². The molecule has 0 aliphatic carbocycles. The summed E-state index contributed by atoms with van der Waals surface area (Å²) >= 11 is 0. The van der Waals surface area contributed by atoms with E-state index in [0.29, 0.717) is 0 Å². The average molecular weight is 158 g/mol. The Hall–Kier alpha value is -1.32. The smallest absolute Gasteiger partial charge is 0.313 e. The van der Waals surface area contributed by atoms with Crippen molar-refractivity contribution in [3.05, 3.63) is 12.3 Å². The molecule has 4 heteroatoms. The van der Waals surface area contributed by atoms with Gasteiger partial charge in [-0.1, -0.05) is 6.58 Å². The summed E-state index contributed by atoms with van der Waals surface area (Å²) in [6.45, 7) is 4.58. The van der Waals surface area contributed by atoms with Gasteiger partial charge < -0.3 is 9.47 Å². The molecular weight excluding hydrogens is 148 g/mol. The summed E-state index contributed by atoms with van der Waals surface area (Å²) < 4.78 is 8.80. The third-order valence-corrected chi connectivity index (χ3v) is 0.857. The van der Waals surface area contributed by atoms with Gasteiger partial charge in [0.2, 0.25) is 0 Å². The first-order chi connectivity index (χ1) is 5.06. The molecule has 4 nitrogen and oxygen atoms in total. The Balaban J connectivity index is 3.70. The molecule has 0 aromatic rings. The number of methoxy groups -OCH3 is 1. The molecule has 0 aliphatic heterocycles. The molecule has 0 saturated heterocycles. The highest BCUT2D eigenvalue weighted by atomic mass is 16.5. The van der Waals surface area contributed by atoms with Crippen LogP contribution in [0.25, 0.3) is 0 Å². The van der Waals surface area contributed by atoms with Gasteiger partial charge in [-0.2, -0.15) is 0 Å². The SMILES string of the molecule is C=C(CC(=O)OC)OC(C)=O. The molecule has 0 radical (unpaired) electrons.